The Morgan fingerprint density at radius 1 is 1.24 bits per heavy atom. The Balaban J connectivity index is 1.77. The summed E-state index contributed by atoms with van der Waals surface area (Å²) in [7, 11) is -3.68. The monoisotopic (exact) mass is 384 g/mol. The molecule has 0 atom stereocenters. The van der Waals surface area contributed by atoms with E-state index in [1.807, 2.05) is 0 Å². The molecule has 1 aromatic rings. The van der Waals surface area contributed by atoms with Gasteiger partial charge in [-0.1, -0.05) is 30.3 Å². The fourth-order valence-corrected chi connectivity index (χ4v) is 5.37. The van der Waals surface area contributed by atoms with Crippen molar-refractivity contribution in [3.05, 3.63) is 41.9 Å². The molecule has 1 spiro atoms. The number of rotatable bonds is 3. The molecule has 2 saturated heterocycles. The van der Waals surface area contributed by atoms with Crippen LogP contribution in [0.1, 0.15) is 12.8 Å². The number of carbonyl (C=O) groups is 1. The van der Waals surface area contributed by atoms with E-state index in [-0.39, 0.29) is 22.4 Å². The number of benzene rings is 1. The van der Waals surface area contributed by atoms with E-state index >= 15 is 0 Å². The third kappa shape index (κ3) is 3.60. The van der Waals surface area contributed by atoms with Crippen LogP contribution in [0.3, 0.4) is 0 Å². The first-order valence-electron chi connectivity index (χ1n) is 8.18. The second-order valence-electron chi connectivity index (χ2n) is 6.33. The van der Waals surface area contributed by atoms with E-state index in [1.165, 1.54) is 16.4 Å². The highest BCUT2D eigenvalue weighted by molar-refractivity contribution is 7.89. The normalized spacial score (nSPS) is 21.2. The SMILES string of the molecule is C=CC(=O)N1CCC2(CC1)CN(S(=O)(=O)c1ccccc1Cl)CCO2. The molecule has 0 saturated carbocycles. The minimum Gasteiger partial charge on any atom is -0.372 e. The van der Waals surface area contributed by atoms with Gasteiger partial charge in [-0.15, -0.1) is 0 Å². The highest BCUT2D eigenvalue weighted by Crippen LogP contribution is 2.33. The largest absolute Gasteiger partial charge is 0.372 e. The van der Waals surface area contributed by atoms with Crippen LogP contribution in [0.4, 0.5) is 0 Å². The molecule has 3 rings (SSSR count). The van der Waals surface area contributed by atoms with Crippen LogP contribution in [-0.2, 0) is 19.6 Å². The second kappa shape index (κ2) is 7.07. The van der Waals surface area contributed by atoms with E-state index in [9.17, 15) is 13.2 Å². The molecule has 0 bridgehead atoms. The van der Waals surface area contributed by atoms with E-state index in [2.05, 4.69) is 6.58 Å². The van der Waals surface area contributed by atoms with Crippen LogP contribution >= 0.6 is 11.6 Å². The maximum atomic E-state index is 13.0. The van der Waals surface area contributed by atoms with Gasteiger partial charge in [0.1, 0.15) is 4.90 Å². The predicted molar refractivity (Wildman–Crippen MR) is 94.9 cm³/mol. The summed E-state index contributed by atoms with van der Waals surface area (Å²) in [6.45, 7) is 5.47. The molecule has 6 nitrogen and oxygen atoms in total. The average Bonchev–Trinajstić information content (AvgIpc) is 2.62. The number of hydrogen-bond donors (Lipinski definition) is 0. The van der Waals surface area contributed by atoms with Gasteiger partial charge in [-0.3, -0.25) is 4.79 Å². The molecule has 2 aliphatic rings. The number of piperidine rings is 1. The lowest BCUT2D eigenvalue weighted by atomic mass is 9.90. The molecule has 136 valence electrons. The molecule has 0 aromatic heterocycles. The summed E-state index contributed by atoms with van der Waals surface area (Å²) < 4.78 is 33.3. The fourth-order valence-electron chi connectivity index (χ4n) is 3.37. The van der Waals surface area contributed by atoms with Gasteiger partial charge < -0.3 is 9.64 Å². The topological polar surface area (TPSA) is 66.9 Å². The van der Waals surface area contributed by atoms with E-state index in [1.54, 1.807) is 23.1 Å². The zero-order valence-corrected chi connectivity index (χ0v) is 15.4. The van der Waals surface area contributed by atoms with Gasteiger partial charge >= 0.3 is 0 Å². The Morgan fingerprint density at radius 2 is 1.92 bits per heavy atom. The maximum Gasteiger partial charge on any atom is 0.245 e. The lowest BCUT2D eigenvalue weighted by molar-refractivity contribution is -0.140. The summed E-state index contributed by atoms with van der Waals surface area (Å²) in [6, 6.07) is 6.46. The van der Waals surface area contributed by atoms with E-state index in [0.717, 1.165) is 0 Å². The molecule has 1 amide bonds. The Hall–Kier alpha value is -1.41. The van der Waals surface area contributed by atoms with Crippen LogP contribution in [0, 0.1) is 0 Å². The van der Waals surface area contributed by atoms with Gasteiger partial charge in [0.25, 0.3) is 0 Å². The molecule has 1 aromatic carbocycles. The summed E-state index contributed by atoms with van der Waals surface area (Å²) in [5.41, 5.74) is -0.551. The van der Waals surface area contributed by atoms with Crippen molar-refractivity contribution in [2.45, 2.75) is 23.3 Å². The lowest BCUT2D eigenvalue weighted by Gasteiger charge is -2.46. The van der Waals surface area contributed by atoms with E-state index < -0.39 is 15.6 Å². The van der Waals surface area contributed by atoms with E-state index in [0.29, 0.717) is 39.1 Å². The lowest BCUT2D eigenvalue weighted by Crippen LogP contribution is -2.58. The number of halogens is 1. The van der Waals surface area contributed by atoms with Crippen molar-refractivity contribution >= 4 is 27.5 Å². The van der Waals surface area contributed by atoms with Crippen molar-refractivity contribution < 1.29 is 17.9 Å². The third-order valence-electron chi connectivity index (χ3n) is 4.83. The van der Waals surface area contributed by atoms with Crippen LogP contribution < -0.4 is 0 Å². The molecular formula is C17H21ClN2O4S. The van der Waals surface area contributed by atoms with Crippen LogP contribution in [0.25, 0.3) is 0 Å². The number of nitrogens with zero attached hydrogens (tertiary/aromatic N) is 2. The van der Waals surface area contributed by atoms with Crippen molar-refractivity contribution in [1.29, 1.82) is 0 Å². The number of sulfonamides is 1. The number of likely N-dealkylation sites (tertiary alicyclic amines) is 1. The molecule has 0 N–H and O–H groups in total. The Labute approximate surface area is 153 Å². The summed E-state index contributed by atoms with van der Waals surface area (Å²) >= 11 is 6.08. The van der Waals surface area contributed by atoms with Gasteiger partial charge in [-0.25, -0.2) is 8.42 Å². The molecule has 0 radical (unpaired) electrons. The standard InChI is InChI=1S/C17H21ClN2O4S/c1-2-16(21)19-9-7-17(8-10-19)13-20(11-12-24-17)25(22,23)15-6-4-3-5-14(15)18/h2-6H,1,7-13H2. The summed E-state index contributed by atoms with van der Waals surface area (Å²) in [6.07, 6.45) is 2.50. The molecule has 0 unspecified atom stereocenters. The zero-order chi connectivity index (χ0) is 18.1. The Bertz CT molecular complexity index is 773. The zero-order valence-electron chi connectivity index (χ0n) is 13.9. The van der Waals surface area contributed by atoms with Gasteiger partial charge in [0.15, 0.2) is 0 Å². The third-order valence-corrected chi connectivity index (χ3v) is 7.17. The predicted octanol–water partition coefficient (Wildman–Crippen LogP) is 1.91. The average molecular weight is 385 g/mol. The van der Waals surface area contributed by atoms with Crippen LogP contribution in [0.15, 0.2) is 41.8 Å². The minimum atomic E-state index is -3.68. The van der Waals surface area contributed by atoms with Crippen molar-refractivity contribution in [2.75, 3.05) is 32.8 Å². The molecule has 2 heterocycles. The molecular weight excluding hydrogens is 364 g/mol. The first kappa shape index (κ1) is 18.4. The second-order valence-corrected chi connectivity index (χ2v) is 8.64. The quantitative estimate of drug-likeness (QED) is 0.746. The van der Waals surface area contributed by atoms with Crippen LogP contribution in [0.2, 0.25) is 5.02 Å². The number of amides is 1. The van der Waals surface area contributed by atoms with Crippen molar-refractivity contribution in [1.82, 2.24) is 9.21 Å². The number of hydrogen-bond acceptors (Lipinski definition) is 4. The number of carbonyl (C=O) groups excluding carboxylic acids is 1. The van der Waals surface area contributed by atoms with Crippen LogP contribution in [-0.4, -0.2) is 61.9 Å². The van der Waals surface area contributed by atoms with Gasteiger partial charge in [0.05, 0.1) is 17.2 Å². The smallest absolute Gasteiger partial charge is 0.245 e. The van der Waals surface area contributed by atoms with E-state index in [4.69, 9.17) is 16.3 Å². The first-order chi connectivity index (χ1) is 11.9. The molecule has 8 heteroatoms. The van der Waals surface area contributed by atoms with Crippen molar-refractivity contribution in [3.63, 3.8) is 0 Å². The summed E-state index contributed by atoms with van der Waals surface area (Å²) in [5.74, 6) is -0.105. The Kier molecular flexibility index (Phi) is 5.20. The fraction of sp³-hybridized carbons (Fsp3) is 0.471. The molecule has 2 fully saturated rings. The van der Waals surface area contributed by atoms with Crippen LogP contribution in [0.5, 0.6) is 0 Å². The molecule has 0 aliphatic carbocycles. The van der Waals surface area contributed by atoms with Crippen molar-refractivity contribution in [3.8, 4) is 0 Å². The summed E-state index contributed by atoms with van der Waals surface area (Å²) in [4.78, 5) is 13.6. The molecule has 25 heavy (non-hydrogen) atoms. The summed E-state index contributed by atoms with van der Waals surface area (Å²) in [5, 5.41) is 0.217. The van der Waals surface area contributed by atoms with Gasteiger partial charge in [0.2, 0.25) is 15.9 Å². The Morgan fingerprint density at radius 3 is 2.56 bits per heavy atom. The minimum absolute atomic E-state index is 0.105. The van der Waals surface area contributed by atoms with Gasteiger partial charge in [-0.05, 0) is 31.1 Å². The highest BCUT2D eigenvalue weighted by atomic mass is 35.5. The molecule has 2 aliphatic heterocycles. The first-order valence-corrected chi connectivity index (χ1v) is 10.00. The maximum absolute atomic E-state index is 13.0. The van der Waals surface area contributed by atoms with Gasteiger partial charge in [-0.2, -0.15) is 4.31 Å². The van der Waals surface area contributed by atoms with Crippen molar-refractivity contribution in [2.24, 2.45) is 0 Å². The highest BCUT2D eigenvalue weighted by Gasteiger charge is 2.43. The number of ether oxygens (including phenoxy) is 1. The number of morpholine rings is 1. The van der Waals surface area contributed by atoms with Gasteiger partial charge in [0, 0.05) is 26.2 Å².